The molecule has 1 aromatic rings. The van der Waals surface area contributed by atoms with Crippen molar-refractivity contribution in [3.8, 4) is 17.6 Å². The number of carbonyl (C=O) groups excluding carboxylic acids is 2. The molecule has 1 aromatic carbocycles. The Hall–Kier alpha value is -2.75. The molecule has 2 saturated heterocycles. The number of ether oxygens (including phenoxy) is 2. The summed E-state index contributed by atoms with van der Waals surface area (Å²) in [6, 6.07) is 6.03. The van der Waals surface area contributed by atoms with Crippen molar-refractivity contribution >= 4 is 11.8 Å². The van der Waals surface area contributed by atoms with E-state index in [4.69, 9.17) is 9.47 Å². The topological polar surface area (TPSA) is 91.7 Å². The maximum atomic E-state index is 12.7. The highest BCUT2D eigenvalue weighted by atomic mass is 16.7. The van der Waals surface area contributed by atoms with Gasteiger partial charge in [-0.25, -0.2) is 0 Å². The molecule has 0 aliphatic carbocycles. The van der Waals surface area contributed by atoms with Crippen LogP contribution < -0.4 is 14.8 Å². The number of hydrogen-bond donors (Lipinski definition) is 1. The Morgan fingerprint density at radius 1 is 1.33 bits per heavy atom. The van der Waals surface area contributed by atoms with Crippen LogP contribution >= 0.6 is 0 Å². The normalized spacial score (nSPS) is 33.9. The van der Waals surface area contributed by atoms with Crippen molar-refractivity contribution in [3.05, 3.63) is 23.8 Å². The van der Waals surface area contributed by atoms with Gasteiger partial charge in [0.05, 0.1) is 17.5 Å². The van der Waals surface area contributed by atoms with E-state index < -0.39 is 23.5 Å². The van der Waals surface area contributed by atoms with Crippen LogP contribution in [0, 0.1) is 16.7 Å². The SMILES string of the molecule is C[C@@H]1NC(=O)[C@@H]2C[C@](C)(C#N)[C@H](c3ccc4c(c3)OCO4)N2C1=O. The van der Waals surface area contributed by atoms with Crippen LogP contribution in [0.4, 0.5) is 0 Å². The molecule has 1 N–H and O–H groups in total. The van der Waals surface area contributed by atoms with Gasteiger partial charge in [-0.1, -0.05) is 6.07 Å². The summed E-state index contributed by atoms with van der Waals surface area (Å²) in [5.41, 5.74) is -0.0730. The van der Waals surface area contributed by atoms with Gasteiger partial charge in [0, 0.05) is 0 Å². The molecular formula is C17H17N3O4. The van der Waals surface area contributed by atoms with Crippen LogP contribution in [0.5, 0.6) is 11.5 Å². The van der Waals surface area contributed by atoms with Gasteiger partial charge in [-0.05, 0) is 38.0 Å². The highest BCUT2D eigenvalue weighted by molar-refractivity contribution is 5.97. The molecule has 0 saturated carbocycles. The van der Waals surface area contributed by atoms with Crippen molar-refractivity contribution in [1.82, 2.24) is 10.2 Å². The molecule has 7 nitrogen and oxygen atoms in total. The minimum Gasteiger partial charge on any atom is -0.454 e. The number of piperazine rings is 1. The molecule has 0 aromatic heterocycles. The molecule has 124 valence electrons. The van der Waals surface area contributed by atoms with E-state index in [1.807, 2.05) is 6.07 Å². The van der Waals surface area contributed by atoms with Crippen molar-refractivity contribution < 1.29 is 19.1 Å². The summed E-state index contributed by atoms with van der Waals surface area (Å²) in [6.07, 6.45) is 0.312. The van der Waals surface area contributed by atoms with Gasteiger partial charge >= 0.3 is 0 Å². The summed E-state index contributed by atoms with van der Waals surface area (Å²) in [5.74, 6) is 0.870. The van der Waals surface area contributed by atoms with Gasteiger partial charge in [0.15, 0.2) is 11.5 Å². The smallest absolute Gasteiger partial charge is 0.246 e. The lowest BCUT2D eigenvalue weighted by Gasteiger charge is -2.38. The zero-order chi connectivity index (χ0) is 17.1. The monoisotopic (exact) mass is 327 g/mol. The molecule has 0 radical (unpaired) electrons. The number of hydrogen-bond acceptors (Lipinski definition) is 5. The van der Waals surface area contributed by atoms with Gasteiger partial charge in [0.1, 0.15) is 12.1 Å². The van der Waals surface area contributed by atoms with Crippen LogP contribution in [0.3, 0.4) is 0 Å². The second kappa shape index (κ2) is 4.87. The first-order valence-electron chi connectivity index (χ1n) is 7.88. The lowest BCUT2D eigenvalue weighted by molar-refractivity contribution is -0.148. The van der Waals surface area contributed by atoms with E-state index in [2.05, 4.69) is 11.4 Å². The minimum atomic E-state index is -0.852. The quantitative estimate of drug-likeness (QED) is 0.834. The summed E-state index contributed by atoms with van der Waals surface area (Å²) >= 11 is 0. The van der Waals surface area contributed by atoms with Gasteiger partial charge in [-0.2, -0.15) is 5.26 Å². The predicted octanol–water partition coefficient (Wildman–Crippen LogP) is 1.11. The van der Waals surface area contributed by atoms with Gasteiger partial charge in [-0.15, -0.1) is 0 Å². The molecule has 3 aliphatic heterocycles. The molecule has 24 heavy (non-hydrogen) atoms. The van der Waals surface area contributed by atoms with Crippen LogP contribution in [0.1, 0.15) is 31.9 Å². The zero-order valence-electron chi connectivity index (χ0n) is 13.4. The van der Waals surface area contributed by atoms with Crippen LogP contribution in [0.15, 0.2) is 18.2 Å². The van der Waals surface area contributed by atoms with Crippen molar-refractivity contribution in [2.75, 3.05) is 6.79 Å². The third-order valence-electron chi connectivity index (χ3n) is 5.09. The highest BCUT2D eigenvalue weighted by Crippen LogP contribution is 2.52. The molecule has 0 bridgehead atoms. The summed E-state index contributed by atoms with van der Waals surface area (Å²) in [4.78, 5) is 26.6. The van der Waals surface area contributed by atoms with E-state index in [-0.39, 0.29) is 18.6 Å². The molecule has 0 spiro atoms. The summed E-state index contributed by atoms with van der Waals surface area (Å²) in [6.45, 7) is 3.62. The molecule has 2 fully saturated rings. The Morgan fingerprint density at radius 3 is 2.83 bits per heavy atom. The molecule has 4 atom stereocenters. The van der Waals surface area contributed by atoms with E-state index in [0.29, 0.717) is 17.9 Å². The fourth-order valence-corrected chi connectivity index (χ4v) is 3.91. The van der Waals surface area contributed by atoms with Gasteiger partial charge in [-0.3, -0.25) is 9.59 Å². The van der Waals surface area contributed by atoms with Gasteiger partial charge in [0.25, 0.3) is 0 Å². The summed E-state index contributed by atoms with van der Waals surface area (Å²) < 4.78 is 10.7. The van der Waals surface area contributed by atoms with Crippen LogP contribution in [0.25, 0.3) is 0 Å². The first kappa shape index (κ1) is 14.8. The van der Waals surface area contributed by atoms with Crippen LogP contribution in [0.2, 0.25) is 0 Å². The van der Waals surface area contributed by atoms with Crippen LogP contribution in [-0.2, 0) is 9.59 Å². The maximum Gasteiger partial charge on any atom is 0.246 e. The van der Waals surface area contributed by atoms with E-state index in [1.165, 1.54) is 0 Å². The summed E-state index contributed by atoms with van der Waals surface area (Å²) in [5, 5.41) is 12.5. The molecule has 2 amide bonds. The number of nitriles is 1. The Balaban J connectivity index is 1.83. The minimum absolute atomic E-state index is 0.156. The Bertz CT molecular complexity index is 787. The molecule has 7 heteroatoms. The van der Waals surface area contributed by atoms with E-state index in [0.717, 1.165) is 5.56 Å². The molecule has 0 unspecified atom stereocenters. The van der Waals surface area contributed by atoms with Gasteiger partial charge in [0.2, 0.25) is 18.6 Å². The third-order valence-corrected chi connectivity index (χ3v) is 5.09. The number of nitrogens with zero attached hydrogens (tertiary/aromatic N) is 2. The average Bonchev–Trinajstić information content (AvgIpc) is 3.14. The number of rotatable bonds is 1. The number of fused-ring (bicyclic) bond motifs is 2. The first-order valence-corrected chi connectivity index (χ1v) is 7.88. The molecular weight excluding hydrogens is 310 g/mol. The Labute approximate surface area is 139 Å². The van der Waals surface area contributed by atoms with E-state index in [9.17, 15) is 14.9 Å². The van der Waals surface area contributed by atoms with Crippen molar-refractivity contribution in [1.29, 1.82) is 5.26 Å². The van der Waals surface area contributed by atoms with Crippen molar-refractivity contribution in [2.24, 2.45) is 5.41 Å². The highest BCUT2D eigenvalue weighted by Gasteiger charge is 2.57. The largest absolute Gasteiger partial charge is 0.454 e. The number of carbonyl (C=O) groups is 2. The zero-order valence-corrected chi connectivity index (χ0v) is 13.4. The lowest BCUT2D eigenvalue weighted by atomic mass is 9.79. The number of nitrogens with one attached hydrogen (secondary N) is 1. The summed E-state index contributed by atoms with van der Waals surface area (Å²) in [7, 11) is 0. The maximum absolute atomic E-state index is 12.7. The fourth-order valence-electron chi connectivity index (χ4n) is 3.91. The third kappa shape index (κ3) is 1.89. The van der Waals surface area contributed by atoms with Crippen molar-refractivity contribution in [3.63, 3.8) is 0 Å². The standard InChI is InChI=1S/C17H17N3O4/c1-9-16(22)20-11(15(21)19-9)6-17(2,7-18)14(20)10-3-4-12-13(5-10)24-8-23-12/h3-5,9,11,14H,6,8H2,1-2H3,(H,19,21)/t9-,11-,14-,17+/m0/s1. The molecule has 3 aliphatic rings. The average molecular weight is 327 g/mol. The Morgan fingerprint density at radius 2 is 2.08 bits per heavy atom. The van der Waals surface area contributed by atoms with Crippen LogP contribution in [-0.4, -0.2) is 35.6 Å². The van der Waals surface area contributed by atoms with Gasteiger partial charge < -0.3 is 19.7 Å². The van der Waals surface area contributed by atoms with E-state index in [1.54, 1.807) is 30.9 Å². The molecule has 4 rings (SSSR count). The van der Waals surface area contributed by atoms with Crippen molar-refractivity contribution in [2.45, 2.75) is 38.4 Å². The first-order chi connectivity index (χ1) is 11.4. The van der Waals surface area contributed by atoms with E-state index >= 15 is 0 Å². The second-order valence-electron chi connectivity index (χ2n) is 6.74. The fraction of sp³-hybridized carbons (Fsp3) is 0.471. The number of amides is 2. The molecule has 3 heterocycles. The lowest BCUT2D eigenvalue weighted by Crippen LogP contribution is -2.60. The second-order valence-corrected chi connectivity index (χ2v) is 6.74. The Kier molecular flexibility index (Phi) is 3.01. The number of benzene rings is 1. The predicted molar refractivity (Wildman–Crippen MR) is 81.9 cm³/mol.